The van der Waals surface area contributed by atoms with E-state index in [1.54, 1.807) is 0 Å². The Morgan fingerprint density at radius 3 is 1.30 bits per heavy atom. The minimum Gasteiger partial charge on any atom is -0.476 e. The van der Waals surface area contributed by atoms with Crippen molar-refractivity contribution in [1.29, 1.82) is 0 Å². The summed E-state index contributed by atoms with van der Waals surface area (Å²) in [6.07, 6.45) is 6.75. The Morgan fingerprint density at radius 1 is 0.633 bits per heavy atom. The van der Waals surface area contributed by atoms with Crippen molar-refractivity contribution < 1.29 is 38.9 Å². The molecule has 166 valence electrons. The molecule has 2 N–H and O–H groups in total. The van der Waals surface area contributed by atoms with E-state index < -0.39 is 46.7 Å². The number of ether oxygens (including phenoxy) is 2. The van der Waals surface area contributed by atoms with Crippen LogP contribution in [0, 0.1) is 0 Å². The number of unbranched alkanes of at least 4 members (excludes halogenated alkanes) is 6. The summed E-state index contributed by atoms with van der Waals surface area (Å²) in [5.74, 6) is -5.51. The molecular formula is C20H28N2O8. The van der Waals surface area contributed by atoms with Crippen molar-refractivity contribution in [1.82, 2.24) is 9.97 Å². The molecule has 0 spiro atoms. The number of hydrogen-bond acceptors (Lipinski definition) is 8. The van der Waals surface area contributed by atoms with Gasteiger partial charge in [-0.3, -0.25) is 0 Å². The van der Waals surface area contributed by atoms with E-state index in [0.29, 0.717) is 12.8 Å². The van der Waals surface area contributed by atoms with E-state index in [4.69, 9.17) is 9.47 Å². The first-order valence-corrected chi connectivity index (χ1v) is 10.1. The van der Waals surface area contributed by atoms with Gasteiger partial charge in [0.25, 0.3) is 0 Å². The minimum atomic E-state index is -1.70. The van der Waals surface area contributed by atoms with E-state index in [2.05, 4.69) is 9.97 Å². The van der Waals surface area contributed by atoms with Gasteiger partial charge < -0.3 is 19.7 Å². The minimum absolute atomic E-state index is 0.0507. The van der Waals surface area contributed by atoms with E-state index in [1.807, 2.05) is 13.8 Å². The van der Waals surface area contributed by atoms with Gasteiger partial charge in [0.15, 0.2) is 22.8 Å². The van der Waals surface area contributed by atoms with E-state index in [-0.39, 0.29) is 13.2 Å². The first-order chi connectivity index (χ1) is 14.3. The zero-order valence-electron chi connectivity index (χ0n) is 17.3. The summed E-state index contributed by atoms with van der Waals surface area (Å²) in [6, 6.07) is 0. The monoisotopic (exact) mass is 424 g/mol. The molecule has 0 fully saturated rings. The van der Waals surface area contributed by atoms with Crippen molar-refractivity contribution in [2.75, 3.05) is 13.2 Å². The number of carboxylic acid groups (broad SMARTS) is 2. The molecule has 0 aliphatic carbocycles. The van der Waals surface area contributed by atoms with Crippen LogP contribution in [0.4, 0.5) is 0 Å². The number of carbonyl (C=O) groups is 4. The van der Waals surface area contributed by atoms with Crippen LogP contribution >= 0.6 is 0 Å². The highest BCUT2D eigenvalue weighted by molar-refractivity contribution is 6.04. The van der Waals surface area contributed by atoms with Gasteiger partial charge in [0.05, 0.1) is 13.2 Å². The second kappa shape index (κ2) is 13.2. The van der Waals surface area contributed by atoms with Gasteiger partial charge in [0, 0.05) is 0 Å². The maximum Gasteiger partial charge on any atom is 0.359 e. The molecule has 1 aromatic rings. The lowest BCUT2D eigenvalue weighted by Crippen LogP contribution is -2.24. The molecule has 0 aromatic carbocycles. The van der Waals surface area contributed by atoms with Gasteiger partial charge >= 0.3 is 23.9 Å². The third-order valence-corrected chi connectivity index (χ3v) is 4.15. The number of carboxylic acids is 2. The number of esters is 2. The normalized spacial score (nSPS) is 10.5. The lowest BCUT2D eigenvalue weighted by Gasteiger charge is -2.11. The quantitative estimate of drug-likeness (QED) is 0.336. The molecular weight excluding hydrogens is 396 g/mol. The summed E-state index contributed by atoms with van der Waals surface area (Å²) in [5, 5.41) is 18.4. The lowest BCUT2D eigenvalue weighted by molar-refractivity contribution is 0.0436. The number of carbonyl (C=O) groups excluding carboxylic acids is 2. The molecule has 0 unspecified atom stereocenters. The maximum absolute atomic E-state index is 12.4. The average Bonchev–Trinajstić information content (AvgIpc) is 2.71. The van der Waals surface area contributed by atoms with Gasteiger partial charge in [-0.05, 0) is 12.8 Å². The van der Waals surface area contributed by atoms with Crippen LogP contribution in [0.25, 0.3) is 0 Å². The Balaban J connectivity index is 3.10. The molecule has 0 aliphatic rings. The van der Waals surface area contributed by atoms with Gasteiger partial charge in [-0.25, -0.2) is 29.1 Å². The molecule has 10 nitrogen and oxygen atoms in total. The molecule has 10 heteroatoms. The van der Waals surface area contributed by atoms with Crippen LogP contribution in [0.3, 0.4) is 0 Å². The van der Waals surface area contributed by atoms with Crippen molar-refractivity contribution in [3.63, 3.8) is 0 Å². The molecule has 30 heavy (non-hydrogen) atoms. The van der Waals surface area contributed by atoms with Crippen molar-refractivity contribution in [3.05, 3.63) is 22.8 Å². The SMILES string of the molecule is CCCCCCOC(=O)c1nc(C(=O)O)c(C(=O)O)nc1C(=O)OCCCCCC. The molecule has 0 aliphatic heterocycles. The van der Waals surface area contributed by atoms with Gasteiger partial charge in [-0.1, -0.05) is 52.4 Å². The van der Waals surface area contributed by atoms with Gasteiger partial charge in [-0.2, -0.15) is 0 Å². The van der Waals surface area contributed by atoms with E-state index in [1.165, 1.54) is 0 Å². The van der Waals surface area contributed by atoms with Crippen molar-refractivity contribution >= 4 is 23.9 Å². The molecule has 0 amide bonds. The molecule has 0 atom stereocenters. The van der Waals surface area contributed by atoms with Crippen LogP contribution in [-0.4, -0.2) is 57.3 Å². The smallest absolute Gasteiger partial charge is 0.359 e. The topological polar surface area (TPSA) is 153 Å². The fourth-order valence-electron chi connectivity index (χ4n) is 2.54. The van der Waals surface area contributed by atoms with Crippen LogP contribution in [0.5, 0.6) is 0 Å². The van der Waals surface area contributed by atoms with Gasteiger partial charge in [0.2, 0.25) is 0 Å². The number of rotatable bonds is 14. The van der Waals surface area contributed by atoms with E-state index in [9.17, 15) is 29.4 Å². The van der Waals surface area contributed by atoms with Gasteiger partial charge in [-0.15, -0.1) is 0 Å². The number of hydrogen-bond donors (Lipinski definition) is 2. The highest BCUT2D eigenvalue weighted by Crippen LogP contribution is 2.14. The second-order valence-corrected chi connectivity index (χ2v) is 6.62. The third-order valence-electron chi connectivity index (χ3n) is 4.15. The summed E-state index contributed by atoms with van der Waals surface area (Å²) < 4.78 is 10.1. The van der Waals surface area contributed by atoms with Crippen LogP contribution in [0.15, 0.2) is 0 Å². The predicted octanol–water partition coefficient (Wildman–Crippen LogP) is 3.35. The lowest BCUT2D eigenvalue weighted by atomic mass is 10.2. The summed E-state index contributed by atoms with van der Waals surface area (Å²) in [4.78, 5) is 54.6. The molecule has 0 radical (unpaired) electrons. The van der Waals surface area contributed by atoms with E-state index in [0.717, 1.165) is 38.5 Å². The highest BCUT2D eigenvalue weighted by Gasteiger charge is 2.30. The standard InChI is InChI=1S/C20H28N2O8/c1-3-5-7-9-11-29-19(27)15-16(20(28)30-12-10-8-6-4-2)22-14(18(25)26)13(21-15)17(23)24/h3-12H2,1-2H3,(H,23,24)(H,25,26). The average molecular weight is 424 g/mol. The molecule has 0 bridgehead atoms. The highest BCUT2D eigenvalue weighted by atomic mass is 16.5. The van der Waals surface area contributed by atoms with Crippen LogP contribution in [0.1, 0.15) is 107 Å². The van der Waals surface area contributed by atoms with Crippen LogP contribution < -0.4 is 0 Å². The summed E-state index contributed by atoms with van der Waals surface area (Å²) in [6.45, 7) is 4.16. The Hall–Kier alpha value is -3.04. The van der Waals surface area contributed by atoms with Crippen molar-refractivity contribution in [2.24, 2.45) is 0 Å². The first kappa shape index (κ1) is 25.0. The number of nitrogens with zero attached hydrogens (tertiary/aromatic N) is 2. The first-order valence-electron chi connectivity index (χ1n) is 10.1. The number of aromatic nitrogens is 2. The van der Waals surface area contributed by atoms with E-state index >= 15 is 0 Å². The van der Waals surface area contributed by atoms with Crippen molar-refractivity contribution in [2.45, 2.75) is 65.2 Å². The molecule has 0 saturated carbocycles. The Labute approximate surface area is 174 Å². The Morgan fingerprint density at radius 2 is 1.00 bits per heavy atom. The predicted molar refractivity (Wildman–Crippen MR) is 105 cm³/mol. The third kappa shape index (κ3) is 7.76. The largest absolute Gasteiger partial charge is 0.476 e. The molecule has 1 aromatic heterocycles. The molecule has 1 rings (SSSR count). The molecule has 0 saturated heterocycles. The van der Waals surface area contributed by atoms with Gasteiger partial charge in [0.1, 0.15) is 0 Å². The van der Waals surface area contributed by atoms with Crippen LogP contribution in [0.2, 0.25) is 0 Å². The molecule has 1 heterocycles. The zero-order chi connectivity index (χ0) is 22.5. The zero-order valence-corrected chi connectivity index (χ0v) is 17.3. The second-order valence-electron chi connectivity index (χ2n) is 6.62. The fraction of sp³-hybridized carbons (Fsp3) is 0.600. The summed E-state index contributed by atoms with van der Waals surface area (Å²) >= 11 is 0. The maximum atomic E-state index is 12.4. The Bertz CT molecular complexity index is 700. The Kier molecular flexibility index (Phi) is 11.0. The number of aromatic carboxylic acids is 2. The van der Waals surface area contributed by atoms with Crippen molar-refractivity contribution in [3.8, 4) is 0 Å². The fourth-order valence-corrected chi connectivity index (χ4v) is 2.54. The summed E-state index contributed by atoms with van der Waals surface area (Å²) in [5.41, 5.74) is -3.27. The van der Waals surface area contributed by atoms with Crippen LogP contribution in [-0.2, 0) is 9.47 Å². The summed E-state index contributed by atoms with van der Waals surface area (Å²) in [7, 11) is 0.